The molecule has 0 saturated heterocycles. The van der Waals surface area contributed by atoms with Crippen LogP contribution in [0.3, 0.4) is 0 Å². The van der Waals surface area contributed by atoms with E-state index in [1.165, 1.54) is 6.08 Å². The molecule has 1 unspecified atom stereocenters. The van der Waals surface area contributed by atoms with Gasteiger partial charge in [0.1, 0.15) is 6.04 Å². The van der Waals surface area contributed by atoms with Crippen LogP contribution in [0.4, 0.5) is 0 Å². The van der Waals surface area contributed by atoms with E-state index in [1.807, 2.05) is 26.8 Å². The highest BCUT2D eigenvalue weighted by atomic mass is 16.1. The molecule has 0 aliphatic carbocycles. The predicted molar refractivity (Wildman–Crippen MR) is 41.6 cm³/mol. The van der Waals surface area contributed by atoms with Crippen LogP contribution in [-0.2, 0) is 4.79 Å². The molecule has 0 aliphatic rings. The molecule has 0 heterocycles. The average Bonchev–Trinajstić information content (AvgIpc) is 1.84. The zero-order chi connectivity index (χ0) is 8.91. The molecule has 0 fully saturated rings. The van der Waals surface area contributed by atoms with Gasteiger partial charge in [0.2, 0.25) is 6.08 Å². The lowest BCUT2D eigenvalue weighted by Gasteiger charge is -2.17. The van der Waals surface area contributed by atoms with Crippen molar-refractivity contribution >= 4 is 6.08 Å². The van der Waals surface area contributed by atoms with Gasteiger partial charge < -0.3 is 0 Å². The molecule has 0 aromatic heterocycles. The van der Waals surface area contributed by atoms with Crippen molar-refractivity contribution in [3.63, 3.8) is 0 Å². The third-order valence-corrected chi connectivity index (χ3v) is 1.16. The van der Waals surface area contributed by atoms with E-state index < -0.39 is 6.04 Å². The van der Waals surface area contributed by atoms with E-state index in [-0.39, 0.29) is 5.41 Å². The van der Waals surface area contributed by atoms with Crippen LogP contribution in [0.15, 0.2) is 4.99 Å². The molecular weight excluding hydrogens is 140 g/mol. The third kappa shape index (κ3) is 5.32. The molecule has 0 aromatic carbocycles. The molecule has 3 nitrogen and oxygen atoms in total. The van der Waals surface area contributed by atoms with Gasteiger partial charge >= 0.3 is 0 Å². The van der Waals surface area contributed by atoms with Gasteiger partial charge in [-0.2, -0.15) is 10.3 Å². The summed E-state index contributed by atoms with van der Waals surface area (Å²) in [6, 6.07) is 1.40. The SMILES string of the molecule is CC(C)(C)CC(C#N)N=C=O. The Morgan fingerprint density at radius 3 is 2.36 bits per heavy atom. The van der Waals surface area contributed by atoms with Crippen LogP contribution >= 0.6 is 0 Å². The molecule has 0 saturated carbocycles. The average molecular weight is 152 g/mol. The number of rotatable bonds is 2. The van der Waals surface area contributed by atoms with Crippen LogP contribution in [0.2, 0.25) is 0 Å². The van der Waals surface area contributed by atoms with Gasteiger partial charge in [-0.15, -0.1) is 0 Å². The second-order valence-corrected chi connectivity index (χ2v) is 3.63. The lowest BCUT2D eigenvalue weighted by atomic mass is 9.89. The van der Waals surface area contributed by atoms with Gasteiger partial charge in [-0.1, -0.05) is 20.8 Å². The smallest absolute Gasteiger partial charge is 0.211 e. The zero-order valence-corrected chi connectivity index (χ0v) is 7.09. The Hall–Kier alpha value is -1.13. The number of hydrogen-bond acceptors (Lipinski definition) is 3. The van der Waals surface area contributed by atoms with Crippen LogP contribution in [0.1, 0.15) is 27.2 Å². The number of aliphatic imine (C=N–C) groups is 1. The van der Waals surface area contributed by atoms with Gasteiger partial charge in [0.25, 0.3) is 0 Å². The maximum absolute atomic E-state index is 9.82. The molecule has 1 atom stereocenters. The zero-order valence-electron chi connectivity index (χ0n) is 7.09. The lowest BCUT2D eigenvalue weighted by Crippen LogP contribution is -2.14. The van der Waals surface area contributed by atoms with E-state index in [0.29, 0.717) is 6.42 Å². The minimum absolute atomic E-state index is 0.0285. The van der Waals surface area contributed by atoms with E-state index in [0.717, 1.165) is 0 Å². The summed E-state index contributed by atoms with van der Waals surface area (Å²) in [5.41, 5.74) is 0.0285. The first-order valence-corrected chi connectivity index (χ1v) is 3.46. The molecule has 0 spiro atoms. The molecule has 3 heteroatoms. The summed E-state index contributed by atoms with van der Waals surface area (Å²) in [6.45, 7) is 5.99. The van der Waals surface area contributed by atoms with Crippen LogP contribution in [0.25, 0.3) is 0 Å². The van der Waals surface area contributed by atoms with E-state index in [2.05, 4.69) is 4.99 Å². The number of isocyanates is 1. The van der Waals surface area contributed by atoms with Gasteiger partial charge in [0.05, 0.1) is 6.07 Å². The Morgan fingerprint density at radius 2 is 2.09 bits per heavy atom. The molecule has 0 aromatic rings. The van der Waals surface area contributed by atoms with E-state index in [4.69, 9.17) is 5.26 Å². The molecule has 0 aliphatic heterocycles. The number of nitrogens with zero attached hydrogens (tertiary/aromatic N) is 2. The van der Waals surface area contributed by atoms with Crippen molar-refractivity contribution in [3.05, 3.63) is 0 Å². The minimum Gasteiger partial charge on any atom is -0.211 e. The summed E-state index contributed by atoms with van der Waals surface area (Å²) in [5.74, 6) is 0. The van der Waals surface area contributed by atoms with Gasteiger partial charge in [0, 0.05) is 0 Å². The molecule has 0 radical (unpaired) electrons. The largest absolute Gasteiger partial charge is 0.236 e. The fourth-order valence-electron chi connectivity index (χ4n) is 0.764. The summed E-state index contributed by atoms with van der Waals surface area (Å²) < 4.78 is 0. The highest BCUT2D eigenvalue weighted by Gasteiger charge is 2.17. The first-order valence-electron chi connectivity index (χ1n) is 3.46. The summed E-state index contributed by atoms with van der Waals surface area (Å²) in [7, 11) is 0. The Morgan fingerprint density at radius 1 is 1.55 bits per heavy atom. The fourth-order valence-corrected chi connectivity index (χ4v) is 0.764. The van der Waals surface area contributed by atoms with E-state index in [9.17, 15) is 4.79 Å². The second kappa shape index (κ2) is 3.90. The molecule has 0 N–H and O–H groups in total. The summed E-state index contributed by atoms with van der Waals surface area (Å²) in [4.78, 5) is 13.2. The predicted octanol–water partition coefficient (Wildman–Crippen LogP) is 1.65. The van der Waals surface area contributed by atoms with Crippen molar-refractivity contribution in [2.45, 2.75) is 33.2 Å². The highest BCUT2D eigenvalue weighted by molar-refractivity contribution is 5.34. The van der Waals surface area contributed by atoms with Gasteiger partial charge in [-0.3, -0.25) is 0 Å². The lowest BCUT2D eigenvalue weighted by molar-refractivity contribution is 0.363. The summed E-state index contributed by atoms with van der Waals surface area (Å²) >= 11 is 0. The molecule has 0 rings (SSSR count). The highest BCUT2D eigenvalue weighted by Crippen LogP contribution is 2.21. The second-order valence-electron chi connectivity index (χ2n) is 3.63. The number of carbonyl (C=O) groups excluding carboxylic acids is 1. The Kier molecular flexibility index (Phi) is 3.50. The van der Waals surface area contributed by atoms with Crippen LogP contribution < -0.4 is 0 Å². The minimum atomic E-state index is -0.535. The molecular formula is C8H12N2O. The molecule has 0 bridgehead atoms. The van der Waals surface area contributed by atoms with Crippen LogP contribution in [0, 0.1) is 16.7 Å². The van der Waals surface area contributed by atoms with Crippen molar-refractivity contribution in [3.8, 4) is 6.07 Å². The molecule has 60 valence electrons. The van der Waals surface area contributed by atoms with E-state index in [1.54, 1.807) is 0 Å². The van der Waals surface area contributed by atoms with E-state index >= 15 is 0 Å². The van der Waals surface area contributed by atoms with Crippen molar-refractivity contribution in [2.24, 2.45) is 10.4 Å². The van der Waals surface area contributed by atoms with Crippen LogP contribution in [-0.4, -0.2) is 12.1 Å². The van der Waals surface area contributed by atoms with Crippen molar-refractivity contribution in [1.29, 1.82) is 5.26 Å². The fraction of sp³-hybridized carbons (Fsp3) is 0.750. The maximum Gasteiger partial charge on any atom is 0.236 e. The third-order valence-electron chi connectivity index (χ3n) is 1.16. The Bertz CT molecular complexity index is 203. The Balaban J connectivity index is 4.12. The monoisotopic (exact) mass is 152 g/mol. The van der Waals surface area contributed by atoms with Crippen LogP contribution in [0.5, 0.6) is 0 Å². The summed E-state index contributed by atoms with van der Waals surface area (Å²) in [6.07, 6.45) is 1.99. The standard InChI is InChI=1S/C8H12N2O/c1-8(2,3)4-7(5-9)10-6-11/h7H,4H2,1-3H3. The molecule has 0 amide bonds. The molecule has 11 heavy (non-hydrogen) atoms. The maximum atomic E-state index is 9.82. The van der Waals surface area contributed by atoms with Gasteiger partial charge in [-0.05, 0) is 11.8 Å². The van der Waals surface area contributed by atoms with Gasteiger partial charge in [0.15, 0.2) is 0 Å². The Labute approximate surface area is 66.7 Å². The first-order chi connectivity index (χ1) is 4.99. The van der Waals surface area contributed by atoms with Crippen molar-refractivity contribution in [1.82, 2.24) is 0 Å². The first kappa shape index (κ1) is 9.87. The number of nitriles is 1. The number of hydrogen-bond donors (Lipinski definition) is 0. The van der Waals surface area contributed by atoms with Crippen molar-refractivity contribution in [2.75, 3.05) is 0 Å². The summed E-state index contributed by atoms with van der Waals surface area (Å²) in [5, 5.41) is 8.50. The quantitative estimate of drug-likeness (QED) is 0.446. The van der Waals surface area contributed by atoms with Crippen molar-refractivity contribution < 1.29 is 4.79 Å². The van der Waals surface area contributed by atoms with Gasteiger partial charge in [-0.25, -0.2) is 4.79 Å². The normalized spacial score (nSPS) is 12.9. The topological polar surface area (TPSA) is 53.2 Å².